The zero-order valence-corrected chi connectivity index (χ0v) is 60.6. The molecule has 0 spiro atoms. The maximum absolute atomic E-state index is 13.0. The first-order chi connectivity index (χ1) is 43.1. The molecule has 0 aromatic heterocycles. The number of aliphatic hydroxyl groups excluding tert-OH is 1. The van der Waals surface area contributed by atoms with Crippen LogP contribution in [-0.4, -0.2) is 96.7 Å². The number of rotatable bonds is 68. The third-order valence-corrected chi connectivity index (χ3v) is 18.6. The standard InChI is InChI=1S/C71H138O17P2/c1-9-64(8)50-42-34-24-20-16-12-10-11-13-17-21-25-35-43-51-68(73)81-57-66(87-70(75)53-45-37-26-22-18-14-15-19-23-31-39-47-61(2)3)59-85-89(77,78)83-55-65(72)56-84-90(79,80)86-60-67(88-71(76)54-46-38-30-28-33-41-49-63(6)7)58-82-69(74)52-44-36-29-27-32-40-48-62(4)5/h61-67,72H,9-60H2,1-8H3,(H,77,78)(H,79,80)/t64?,65-,66-,67-/m1/s1. The molecule has 0 saturated heterocycles. The normalized spacial score (nSPS) is 14.6. The highest BCUT2D eigenvalue weighted by atomic mass is 31.2. The SMILES string of the molecule is CCC(C)CCCCCCCCCCCCCCCCC(=O)OC[C@H](COP(=O)(O)OC[C@@H](O)COP(=O)(O)OC[C@@H](COC(=O)CCCCCCCCC(C)C)OC(=O)CCCCCCCCC(C)C)OC(=O)CCCCCCCCCCCCCC(C)C. The number of ether oxygens (including phenoxy) is 4. The molecule has 0 rings (SSSR count). The Hall–Kier alpha value is -1.94. The lowest BCUT2D eigenvalue weighted by molar-refractivity contribution is -0.161. The predicted molar refractivity (Wildman–Crippen MR) is 363 cm³/mol. The van der Waals surface area contributed by atoms with Gasteiger partial charge in [0.15, 0.2) is 12.2 Å². The van der Waals surface area contributed by atoms with Crippen molar-refractivity contribution in [1.82, 2.24) is 0 Å². The maximum atomic E-state index is 13.0. The summed E-state index contributed by atoms with van der Waals surface area (Å²) in [7, 11) is -9.90. The van der Waals surface area contributed by atoms with Crippen LogP contribution >= 0.6 is 15.6 Å². The topological polar surface area (TPSA) is 237 Å². The molecule has 0 aliphatic rings. The van der Waals surface area contributed by atoms with E-state index in [1.165, 1.54) is 148 Å². The van der Waals surface area contributed by atoms with E-state index in [0.29, 0.717) is 37.5 Å². The second-order valence-corrected chi connectivity index (χ2v) is 30.2. The highest BCUT2D eigenvalue weighted by molar-refractivity contribution is 7.47. The molecule has 3 N–H and O–H groups in total. The van der Waals surface area contributed by atoms with Crippen LogP contribution in [0.2, 0.25) is 0 Å². The molecule has 0 fully saturated rings. The van der Waals surface area contributed by atoms with E-state index in [4.69, 9.17) is 37.0 Å². The number of hydrogen-bond acceptors (Lipinski definition) is 15. The molecule has 0 saturated carbocycles. The van der Waals surface area contributed by atoms with Gasteiger partial charge in [-0.05, 0) is 49.4 Å². The molecule has 17 nitrogen and oxygen atoms in total. The summed E-state index contributed by atoms with van der Waals surface area (Å²) in [5.74, 6) is 0.830. The number of phosphoric acid groups is 2. The minimum absolute atomic E-state index is 0.101. The first-order valence-corrected chi connectivity index (χ1v) is 39.7. The molecule has 19 heteroatoms. The summed E-state index contributed by atoms with van der Waals surface area (Å²) in [6.45, 7) is 14.0. The average molecular weight is 1330 g/mol. The molecule has 3 unspecified atom stereocenters. The predicted octanol–water partition coefficient (Wildman–Crippen LogP) is 20.1. The monoisotopic (exact) mass is 1320 g/mol. The summed E-state index contributed by atoms with van der Waals surface area (Å²) in [5, 5.41) is 10.6. The van der Waals surface area contributed by atoms with Crippen LogP contribution in [0.5, 0.6) is 0 Å². The first-order valence-electron chi connectivity index (χ1n) is 36.7. The zero-order chi connectivity index (χ0) is 66.8. The Balaban J connectivity index is 5.20. The Morgan fingerprint density at radius 3 is 0.789 bits per heavy atom. The van der Waals surface area contributed by atoms with Gasteiger partial charge in [-0.25, -0.2) is 9.13 Å². The largest absolute Gasteiger partial charge is 0.472 e. The van der Waals surface area contributed by atoms with Gasteiger partial charge in [-0.1, -0.05) is 299 Å². The van der Waals surface area contributed by atoms with Gasteiger partial charge in [-0.15, -0.1) is 0 Å². The van der Waals surface area contributed by atoms with Crippen molar-refractivity contribution < 1.29 is 80.2 Å². The number of phosphoric ester groups is 2. The quantitative estimate of drug-likeness (QED) is 0.0222. The highest BCUT2D eigenvalue weighted by Gasteiger charge is 2.30. The van der Waals surface area contributed by atoms with Crippen LogP contribution in [0.1, 0.15) is 351 Å². The van der Waals surface area contributed by atoms with E-state index in [1.54, 1.807) is 0 Å². The molecule has 6 atom stereocenters. The second kappa shape index (κ2) is 60.7. The number of aliphatic hydroxyl groups is 1. The summed E-state index contributed by atoms with van der Waals surface area (Å²) >= 11 is 0. The molecular weight excluding hydrogens is 1190 g/mol. The van der Waals surface area contributed by atoms with Crippen molar-refractivity contribution in [2.24, 2.45) is 23.7 Å². The second-order valence-electron chi connectivity index (χ2n) is 27.3. The van der Waals surface area contributed by atoms with E-state index < -0.39 is 97.5 Å². The van der Waals surface area contributed by atoms with Crippen molar-refractivity contribution in [1.29, 1.82) is 0 Å². The Labute approximate surface area is 549 Å². The van der Waals surface area contributed by atoms with Gasteiger partial charge in [0, 0.05) is 25.7 Å². The Morgan fingerprint density at radius 1 is 0.311 bits per heavy atom. The van der Waals surface area contributed by atoms with Gasteiger partial charge in [-0.2, -0.15) is 0 Å². The lowest BCUT2D eigenvalue weighted by atomic mass is 9.99. The van der Waals surface area contributed by atoms with E-state index in [9.17, 15) is 43.2 Å². The lowest BCUT2D eigenvalue weighted by Crippen LogP contribution is -2.30. The van der Waals surface area contributed by atoms with Crippen LogP contribution in [0.3, 0.4) is 0 Å². The molecule has 0 radical (unpaired) electrons. The molecular formula is C71H138O17P2. The molecule has 90 heavy (non-hydrogen) atoms. The molecule has 0 aliphatic carbocycles. The lowest BCUT2D eigenvalue weighted by Gasteiger charge is -2.21. The molecule has 0 heterocycles. The third kappa shape index (κ3) is 63.5. The van der Waals surface area contributed by atoms with Gasteiger partial charge >= 0.3 is 39.5 Å². The fraction of sp³-hybridized carbons (Fsp3) is 0.944. The maximum Gasteiger partial charge on any atom is 0.472 e. The minimum atomic E-state index is -4.95. The fourth-order valence-electron chi connectivity index (χ4n) is 10.6. The highest BCUT2D eigenvalue weighted by Crippen LogP contribution is 2.45. The number of esters is 4. The van der Waals surface area contributed by atoms with Crippen molar-refractivity contribution in [3.63, 3.8) is 0 Å². The summed E-state index contributed by atoms with van der Waals surface area (Å²) in [6.07, 6.45) is 43.4. The van der Waals surface area contributed by atoms with E-state index in [1.807, 2.05) is 0 Å². The van der Waals surface area contributed by atoms with Gasteiger partial charge < -0.3 is 33.8 Å². The summed E-state index contributed by atoms with van der Waals surface area (Å²) in [5.41, 5.74) is 0. The fourth-order valence-corrected chi connectivity index (χ4v) is 12.2. The van der Waals surface area contributed by atoms with Crippen LogP contribution < -0.4 is 0 Å². The molecule has 0 amide bonds. The first kappa shape index (κ1) is 88.1. The van der Waals surface area contributed by atoms with Crippen molar-refractivity contribution in [3.05, 3.63) is 0 Å². The smallest absolute Gasteiger partial charge is 0.462 e. The Morgan fingerprint density at radius 2 is 0.533 bits per heavy atom. The Kier molecular flexibility index (Phi) is 59.4. The molecule has 0 aliphatic heterocycles. The summed E-state index contributed by atoms with van der Waals surface area (Å²) in [4.78, 5) is 72.5. The van der Waals surface area contributed by atoms with E-state index in [-0.39, 0.29) is 25.7 Å². The van der Waals surface area contributed by atoms with E-state index >= 15 is 0 Å². The third-order valence-electron chi connectivity index (χ3n) is 16.7. The van der Waals surface area contributed by atoms with E-state index in [2.05, 4.69) is 55.4 Å². The van der Waals surface area contributed by atoms with Crippen molar-refractivity contribution in [3.8, 4) is 0 Å². The van der Waals surface area contributed by atoms with Gasteiger partial charge in [0.1, 0.15) is 19.3 Å². The van der Waals surface area contributed by atoms with Crippen LogP contribution in [0.25, 0.3) is 0 Å². The van der Waals surface area contributed by atoms with Crippen LogP contribution in [0.15, 0.2) is 0 Å². The average Bonchev–Trinajstić information content (AvgIpc) is 3.71. The number of carbonyl (C=O) groups is 4. The summed E-state index contributed by atoms with van der Waals surface area (Å²) < 4.78 is 68.2. The van der Waals surface area contributed by atoms with Gasteiger partial charge in [0.25, 0.3) is 0 Å². The minimum Gasteiger partial charge on any atom is -0.462 e. The van der Waals surface area contributed by atoms with Gasteiger partial charge in [-0.3, -0.25) is 37.3 Å². The summed E-state index contributed by atoms with van der Waals surface area (Å²) in [6, 6.07) is 0. The number of carbonyl (C=O) groups excluding carboxylic acids is 4. The van der Waals surface area contributed by atoms with Crippen LogP contribution in [0, 0.1) is 23.7 Å². The van der Waals surface area contributed by atoms with Crippen molar-refractivity contribution >= 4 is 39.5 Å². The molecule has 534 valence electrons. The number of hydrogen-bond donors (Lipinski definition) is 3. The van der Waals surface area contributed by atoms with Crippen LogP contribution in [-0.2, 0) is 65.4 Å². The van der Waals surface area contributed by atoms with E-state index in [0.717, 1.165) is 108 Å². The van der Waals surface area contributed by atoms with Crippen molar-refractivity contribution in [2.75, 3.05) is 39.6 Å². The Bertz CT molecular complexity index is 1780. The van der Waals surface area contributed by atoms with Gasteiger partial charge in [0.2, 0.25) is 0 Å². The zero-order valence-electron chi connectivity index (χ0n) is 58.8. The molecule has 0 aromatic carbocycles. The van der Waals surface area contributed by atoms with Crippen LogP contribution in [0.4, 0.5) is 0 Å². The van der Waals surface area contributed by atoms with Gasteiger partial charge in [0.05, 0.1) is 26.4 Å². The molecule has 0 bridgehead atoms. The molecule has 0 aromatic rings. The number of unbranched alkanes of at least 4 members (excludes halogenated alkanes) is 33. The van der Waals surface area contributed by atoms with Crippen molar-refractivity contribution in [2.45, 2.75) is 369 Å².